The van der Waals surface area contributed by atoms with E-state index in [4.69, 9.17) is 33.2 Å². The maximum absolute atomic E-state index is 13.7. The number of piperazine rings is 1. The van der Waals surface area contributed by atoms with Crippen LogP contribution < -0.4 is 30.5 Å². The molecule has 2 atom stereocenters. The van der Waals surface area contributed by atoms with Crippen molar-refractivity contribution in [3.05, 3.63) is 70.0 Å². The maximum atomic E-state index is 13.7. The molecule has 2 aromatic carbocycles. The Balaban J connectivity index is 0.981. The molecule has 20 heteroatoms. The minimum atomic E-state index is -4.86. The zero-order chi connectivity index (χ0) is 41.2. The van der Waals surface area contributed by atoms with E-state index >= 15 is 0 Å². The summed E-state index contributed by atoms with van der Waals surface area (Å²) in [6.45, 7) is 6.96. The number of pyridine rings is 1. The Morgan fingerprint density at radius 2 is 1.75 bits per heavy atom. The van der Waals surface area contributed by atoms with E-state index in [0.29, 0.717) is 73.6 Å². The van der Waals surface area contributed by atoms with Crippen LogP contribution in [0.15, 0.2) is 48.7 Å². The van der Waals surface area contributed by atoms with Crippen LogP contribution in [0, 0.1) is 11.3 Å². The zero-order valence-electron chi connectivity index (χ0n) is 30.7. The molecule has 3 aromatic rings. The number of nitriles is 1. The summed E-state index contributed by atoms with van der Waals surface area (Å²) in [5.41, 5.74) is -3.01. The van der Waals surface area contributed by atoms with Crippen LogP contribution in [0.3, 0.4) is 0 Å². The van der Waals surface area contributed by atoms with Gasteiger partial charge in [0.1, 0.15) is 30.0 Å². The van der Waals surface area contributed by atoms with Crippen molar-refractivity contribution < 1.29 is 37.1 Å². The van der Waals surface area contributed by atoms with E-state index in [2.05, 4.69) is 38.5 Å². The first-order chi connectivity index (χ1) is 26.9. The molecule has 4 amide bonds. The molecule has 6 rings (SSSR count). The molecule has 3 aliphatic rings. The van der Waals surface area contributed by atoms with Crippen LogP contribution in [0.1, 0.15) is 37.9 Å². The van der Waals surface area contributed by atoms with Crippen LogP contribution in [0.25, 0.3) is 0 Å². The molecule has 3 fully saturated rings. The SMILES string of the molecule is CC1(C)C(=O)N(c2cnc(C#N)c(C(F)(F)F)c2)C(S)N1c1ccc(OCCN2CCN(CC(=O)Nc3cc(Cl)cc(NC4CCC(=O)NC4=O)c3)CC2)c(Cl)c1. The Morgan fingerprint density at radius 3 is 2.42 bits per heavy atom. The number of anilines is 4. The highest BCUT2D eigenvalue weighted by Gasteiger charge is 2.52. The molecule has 0 spiro atoms. The lowest BCUT2D eigenvalue weighted by Gasteiger charge is -2.34. The Labute approximate surface area is 341 Å². The van der Waals surface area contributed by atoms with Gasteiger partial charge in [-0.25, -0.2) is 4.98 Å². The third kappa shape index (κ3) is 9.50. The second-order valence-electron chi connectivity index (χ2n) is 14.2. The molecule has 302 valence electrons. The minimum Gasteiger partial charge on any atom is -0.491 e. The number of nitrogens with one attached hydrogen (secondary N) is 3. The van der Waals surface area contributed by atoms with Crippen molar-refractivity contribution >= 4 is 82.2 Å². The number of piperidine rings is 1. The molecule has 3 saturated heterocycles. The summed E-state index contributed by atoms with van der Waals surface area (Å²) >= 11 is 17.5. The van der Waals surface area contributed by atoms with Gasteiger partial charge in [-0.1, -0.05) is 23.2 Å². The molecule has 0 saturated carbocycles. The number of nitrogens with zero attached hydrogens (tertiary/aromatic N) is 6. The van der Waals surface area contributed by atoms with Gasteiger partial charge in [0, 0.05) is 61.2 Å². The van der Waals surface area contributed by atoms with Crippen LogP contribution in [0.4, 0.5) is 35.9 Å². The van der Waals surface area contributed by atoms with E-state index in [9.17, 15) is 32.3 Å². The first-order valence-corrected chi connectivity index (χ1v) is 19.1. The van der Waals surface area contributed by atoms with Crippen LogP contribution in [0.5, 0.6) is 5.75 Å². The van der Waals surface area contributed by atoms with Crippen molar-refractivity contribution in [2.24, 2.45) is 0 Å². The standard InChI is InChI=1S/C37H38Cl2F3N9O5S/c1-36(2)34(55)50(25-16-26(37(40,41)42)29(18-43)44-19-25)35(57)51(36)24-3-5-30(27(39)17-24)56-12-11-48-7-9-49(10-8-48)20-32(53)46-23-14-21(38)13-22(15-23)45-28-4-6-31(52)47-33(28)54/h3,5,13-17,19,28,35,45,57H,4,6-12,20H2,1-2H3,(H,46,53)(H,47,52,54). The summed E-state index contributed by atoms with van der Waals surface area (Å²) in [6, 6.07) is 11.4. The smallest absolute Gasteiger partial charge is 0.419 e. The molecule has 57 heavy (non-hydrogen) atoms. The molecule has 0 radical (unpaired) electrons. The van der Waals surface area contributed by atoms with E-state index < -0.39 is 46.3 Å². The summed E-state index contributed by atoms with van der Waals surface area (Å²) in [5, 5.41) is 18.0. The Hall–Kier alpha value is -4.80. The number of benzene rings is 2. The Morgan fingerprint density at radius 1 is 1.05 bits per heavy atom. The maximum Gasteiger partial charge on any atom is 0.419 e. The second kappa shape index (κ2) is 17.0. The van der Waals surface area contributed by atoms with Crippen LogP contribution in [0.2, 0.25) is 10.0 Å². The number of halogens is 5. The number of ether oxygens (including phenoxy) is 1. The highest BCUT2D eigenvalue weighted by molar-refractivity contribution is 7.81. The number of thiol groups is 1. The van der Waals surface area contributed by atoms with Crippen molar-refractivity contribution in [2.75, 3.05) is 66.3 Å². The topological polar surface area (TPSA) is 163 Å². The van der Waals surface area contributed by atoms with Crippen molar-refractivity contribution in [2.45, 2.75) is 49.9 Å². The largest absolute Gasteiger partial charge is 0.491 e. The average Bonchev–Trinajstić information content (AvgIpc) is 3.31. The predicted molar refractivity (Wildman–Crippen MR) is 210 cm³/mol. The van der Waals surface area contributed by atoms with E-state index in [1.807, 2.05) is 4.90 Å². The lowest BCUT2D eigenvalue weighted by molar-refractivity contribution is -0.138. The molecular weight excluding hydrogens is 810 g/mol. The summed E-state index contributed by atoms with van der Waals surface area (Å²) in [4.78, 5) is 60.7. The highest BCUT2D eigenvalue weighted by Crippen LogP contribution is 2.43. The van der Waals surface area contributed by atoms with Crippen LogP contribution in [-0.2, 0) is 25.4 Å². The molecular formula is C37H38Cl2F3N9O5S. The van der Waals surface area contributed by atoms with E-state index in [0.717, 1.165) is 17.2 Å². The van der Waals surface area contributed by atoms with Gasteiger partial charge in [0.05, 0.1) is 29.0 Å². The molecule has 2 unspecified atom stereocenters. The first kappa shape index (κ1) is 41.8. The van der Waals surface area contributed by atoms with Gasteiger partial charge >= 0.3 is 6.18 Å². The highest BCUT2D eigenvalue weighted by atomic mass is 35.5. The van der Waals surface area contributed by atoms with Gasteiger partial charge in [-0.2, -0.15) is 18.4 Å². The summed E-state index contributed by atoms with van der Waals surface area (Å²) in [5.74, 6) is -1.09. The van der Waals surface area contributed by atoms with Crippen molar-refractivity contribution in [3.8, 4) is 11.8 Å². The monoisotopic (exact) mass is 847 g/mol. The fourth-order valence-electron chi connectivity index (χ4n) is 6.90. The van der Waals surface area contributed by atoms with Crippen LogP contribution in [-0.4, -0.2) is 101 Å². The molecule has 4 heterocycles. The number of imide groups is 1. The van der Waals surface area contributed by atoms with Gasteiger partial charge in [0.15, 0.2) is 11.2 Å². The number of rotatable bonds is 11. The van der Waals surface area contributed by atoms with Gasteiger partial charge in [0.25, 0.3) is 5.91 Å². The first-order valence-electron chi connectivity index (χ1n) is 17.8. The molecule has 0 aliphatic carbocycles. The number of hydrogen-bond acceptors (Lipinski definition) is 12. The Kier molecular flexibility index (Phi) is 12.5. The van der Waals surface area contributed by atoms with E-state index in [1.54, 1.807) is 55.1 Å². The minimum absolute atomic E-state index is 0.161. The number of alkyl halides is 3. The number of carbonyl (C=O) groups is 4. The number of amides is 4. The lowest BCUT2D eigenvalue weighted by Crippen LogP contribution is -2.49. The number of hydrogen-bond donors (Lipinski definition) is 4. The van der Waals surface area contributed by atoms with Crippen molar-refractivity contribution in [1.29, 1.82) is 5.26 Å². The second-order valence-corrected chi connectivity index (χ2v) is 15.5. The third-order valence-electron chi connectivity index (χ3n) is 9.82. The fraction of sp³-hybridized carbons (Fsp3) is 0.405. The summed E-state index contributed by atoms with van der Waals surface area (Å²) in [7, 11) is 0. The summed E-state index contributed by atoms with van der Waals surface area (Å²) < 4.78 is 47.0. The molecule has 1 aromatic heterocycles. The summed E-state index contributed by atoms with van der Waals surface area (Å²) in [6.07, 6.45) is -3.24. The zero-order valence-corrected chi connectivity index (χ0v) is 33.1. The molecule has 3 N–H and O–H groups in total. The predicted octanol–water partition coefficient (Wildman–Crippen LogP) is 4.98. The van der Waals surface area contributed by atoms with Crippen molar-refractivity contribution in [3.63, 3.8) is 0 Å². The van der Waals surface area contributed by atoms with E-state index in [1.165, 1.54) is 6.07 Å². The molecule has 0 bridgehead atoms. The number of aromatic nitrogens is 1. The van der Waals surface area contributed by atoms with Gasteiger partial charge in [-0.05, 0) is 62.7 Å². The number of carbonyl (C=O) groups excluding carboxylic acids is 4. The van der Waals surface area contributed by atoms with Gasteiger partial charge in [0.2, 0.25) is 17.7 Å². The Bertz CT molecular complexity index is 2110. The molecule has 3 aliphatic heterocycles. The normalized spacial score (nSPS) is 20.3. The van der Waals surface area contributed by atoms with Gasteiger partial charge in [-0.15, -0.1) is 12.6 Å². The van der Waals surface area contributed by atoms with Crippen molar-refractivity contribution in [1.82, 2.24) is 20.1 Å². The average molecular weight is 849 g/mol. The van der Waals surface area contributed by atoms with Gasteiger partial charge < -0.3 is 20.3 Å². The molecule has 14 nitrogen and oxygen atoms in total. The van der Waals surface area contributed by atoms with Crippen LogP contribution >= 0.6 is 35.8 Å². The lowest BCUT2D eigenvalue weighted by atomic mass is 10.0. The van der Waals surface area contributed by atoms with E-state index in [-0.39, 0.29) is 35.5 Å². The third-order valence-corrected chi connectivity index (χ3v) is 10.8. The van der Waals surface area contributed by atoms with Gasteiger partial charge in [-0.3, -0.25) is 39.2 Å². The quantitative estimate of drug-likeness (QED) is 0.152. The fourth-order valence-corrected chi connectivity index (χ4v) is 8.02.